The van der Waals surface area contributed by atoms with Gasteiger partial charge in [0.25, 0.3) is 0 Å². The molecule has 0 aliphatic heterocycles. The minimum atomic E-state index is -1.23. The van der Waals surface area contributed by atoms with Crippen LogP contribution in [-0.4, -0.2) is 17.3 Å². The molecule has 0 aliphatic rings. The summed E-state index contributed by atoms with van der Waals surface area (Å²) < 4.78 is 0. The summed E-state index contributed by atoms with van der Waals surface area (Å²) in [4.78, 5) is 9.12. The van der Waals surface area contributed by atoms with Gasteiger partial charge in [0.15, 0.2) is 0 Å². The van der Waals surface area contributed by atoms with Crippen LogP contribution >= 0.6 is 11.6 Å². The van der Waals surface area contributed by atoms with Gasteiger partial charge >= 0.3 is 29.6 Å². The first-order chi connectivity index (χ1) is 2.27. The zero-order valence-corrected chi connectivity index (χ0v) is 6.66. The number of alkyl halides is 1. The molecular weight excluding hydrogens is 130 g/mol. The second kappa shape index (κ2) is 9.87. The van der Waals surface area contributed by atoms with E-state index in [1.165, 1.54) is 0 Å². The Kier molecular flexibility index (Phi) is 22.1. The molecule has 0 unspecified atom stereocenters. The Labute approximate surface area is 68.3 Å². The SMILES string of the molecule is O.O=C([O-])CCl.[Na+]. The van der Waals surface area contributed by atoms with Crippen molar-refractivity contribution < 1.29 is 44.9 Å². The summed E-state index contributed by atoms with van der Waals surface area (Å²) in [5.41, 5.74) is 0. The summed E-state index contributed by atoms with van der Waals surface area (Å²) in [6.45, 7) is 0. The number of carboxylic acids is 1. The van der Waals surface area contributed by atoms with Crippen LogP contribution in [0, 0.1) is 0 Å². The Morgan fingerprint density at radius 2 is 1.86 bits per heavy atom. The molecule has 5 heteroatoms. The van der Waals surface area contributed by atoms with Crippen molar-refractivity contribution in [2.75, 3.05) is 5.88 Å². The first kappa shape index (κ1) is 15.6. The number of halogens is 1. The van der Waals surface area contributed by atoms with Crippen LogP contribution in [0.1, 0.15) is 0 Å². The summed E-state index contributed by atoms with van der Waals surface area (Å²) >= 11 is 4.67. The van der Waals surface area contributed by atoms with Crippen LogP contribution in [-0.2, 0) is 4.79 Å². The number of aliphatic carboxylic acids is 1. The molecule has 2 N–H and O–H groups in total. The fraction of sp³-hybridized carbons (Fsp3) is 0.500. The van der Waals surface area contributed by atoms with Crippen LogP contribution in [0.4, 0.5) is 0 Å². The largest absolute Gasteiger partial charge is 1.00 e. The van der Waals surface area contributed by atoms with Gasteiger partial charge in [-0.1, -0.05) is 0 Å². The van der Waals surface area contributed by atoms with Gasteiger partial charge in [0, 0.05) is 0 Å². The molecule has 0 spiro atoms. The van der Waals surface area contributed by atoms with E-state index in [0.717, 1.165) is 0 Å². The van der Waals surface area contributed by atoms with E-state index in [0.29, 0.717) is 0 Å². The fourth-order valence-electron chi connectivity index (χ4n) is 0. The average molecular weight is 134 g/mol. The summed E-state index contributed by atoms with van der Waals surface area (Å²) in [6.07, 6.45) is 0. The van der Waals surface area contributed by atoms with Crippen LogP contribution in [0.25, 0.3) is 0 Å². The zero-order chi connectivity index (χ0) is 4.28. The van der Waals surface area contributed by atoms with Gasteiger partial charge in [-0.25, -0.2) is 0 Å². The van der Waals surface area contributed by atoms with Gasteiger partial charge in [0.05, 0.1) is 11.8 Å². The molecule has 0 aromatic carbocycles. The summed E-state index contributed by atoms with van der Waals surface area (Å²) in [5, 5.41) is 9.12. The Morgan fingerprint density at radius 1 is 1.71 bits per heavy atom. The van der Waals surface area contributed by atoms with E-state index in [9.17, 15) is 0 Å². The molecule has 0 amide bonds. The number of hydrogen-bond acceptors (Lipinski definition) is 2. The normalized spacial score (nSPS) is 5.29. The minimum Gasteiger partial charge on any atom is -0.549 e. The Bertz CT molecular complexity index is 48.2. The van der Waals surface area contributed by atoms with Crippen LogP contribution < -0.4 is 34.7 Å². The Hall–Kier alpha value is 0.720. The number of carbonyl (C=O) groups excluding carboxylic acids is 1. The third-order valence-electron chi connectivity index (χ3n) is 0.109. The van der Waals surface area contributed by atoms with Crippen molar-refractivity contribution in [3.8, 4) is 0 Å². The predicted molar refractivity (Wildman–Crippen MR) is 19.3 cm³/mol. The summed E-state index contributed by atoms with van der Waals surface area (Å²) in [5.74, 6) is -1.65. The molecule has 0 saturated carbocycles. The predicted octanol–water partition coefficient (Wildman–Crippen LogP) is -4.85. The molecule has 0 rings (SSSR count). The maximum Gasteiger partial charge on any atom is 1.00 e. The second-order valence-electron chi connectivity index (χ2n) is 0.506. The molecule has 0 atom stereocenters. The number of rotatable bonds is 1. The van der Waals surface area contributed by atoms with Gasteiger partial charge < -0.3 is 15.4 Å². The smallest absolute Gasteiger partial charge is 0.549 e. The Morgan fingerprint density at radius 3 is 1.86 bits per heavy atom. The van der Waals surface area contributed by atoms with E-state index in [2.05, 4.69) is 11.6 Å². The van der Waals surface area contributed by atoms with Crippen LogP contribution in [0.15, 0.2) is 0 Å². The molecule has 38 valence electrons. The number of carboxylic acid groups (broad SMARTS) is 1. The number of carbonyl (C=O) groups is 1. The van der Waals surface area contributed by atoms with Gasteiger partial charge in [0.1, 0.15) is 0 Å². The Balaban J connectivity index is -0.0000000800. The minimum absolute atomic E-state index is 0. The summed E-state index contributed by atoms with van der Waals surface area (Å²) in [6, 6.07) is 0. The molecule has 0 saturated heterocycles. The van der Waals surface area contributed by atoms with E-state index in [-0.39, 0.29) is 35.0 Å². The maximum atomic E-state index is 9.12. The molecule has 0 radical (unpaired) electrons. The van der Waals surface area contributed by atoms with Crippen LogP contribution in [0.5, 0.6) is 0 Å². The maximum absolute atomic E-state index is 9.12. The molecule has 0 heterocycles. The van der Waals surface area contributed by atoms with Crippen molar-refractivity contribution in [1.82, 2.24) is 0 Å². The van der Waals surface area contributed by atoms with Crippen molar-refractivity contribution in [3.05, 3.63) is 0 Å². The fourth-order valence-corrected chi connectivity index (χ4v) is 0. The molecule has 7 heavy (non-hydrogen) atoms. The first-order valence-corrected chi connectivity index (χ1v) is 1.56. The topological polar surface area (TPSA) is 71.6 Å². The van der Waals surface area contributed by atoms with Crippen LogP contribution in [0.2, 0.25) is 0 Å². The molecule has 0 bridgehead atoms. The standard InChI is InChI=1S/C2H3ClO2.Na.H2O/c3-1-2(4)5;;/h1H2,(H,4,5);;1H2/q;+1;/p-1. The third kappa shape index (κ3) is 20.2. The van der Waals surface area contributed by atoms with E-state index < -0.39 is 11.8 Å². The van der Waals surface area contributed by atoms with Gasteiger partial charge in [-0.2, -0.15) is 0 Å². The molecule has 0 aromatic heterocycles. The van der Waals surface area contributed by atoms with Gasteiger partial charge in [-0.15, -0.1) is 11.6 Å². The molecule has 0 aliphatic carbocycles. The zero-order valence-electron chi connectivity index (χ0n) is 3.90. The second-order valence-corrected chi connectivity index (χ2v) is 0.773. The molecule has 0 aromatic rings. The van der Waals surface area contributed by atoms with Gasteiger partial charge in [0.2, 0.25) is 0 Å². The van der Waals surface area contributed by atoms with Crippen molar-refractivity contribution in [1.29, 1.82) is 0 Å². The third-order valence-corrected chi connectivity index (χ3v) is 0.327. The molecule has 3 nitrogen and oxygen atoms in total. The quantitative estimate of drug-likeness (QED) is 0.267. The van der Waals surface area contributed by atoms with Crippen molar-refractivity contribution >= 4 is 17.6 Å². The molecular formula is C2H4ClNaO3. The number of hydrogen-bond donors (Lipinski definition) is 0. The van der Waals surface area contributed by atoms with Crippen molar-refractivity contribution in [3.63, 3.8) is 0 Å². The van der Waals surface area contributed by atoms with E-state index >= 15 is 0 Å². The summed E-state index contributed by atoms with van der Waals surface area (Å²) in [7, 11) is 0. The monoisotopic (exact) mass is 134 g/mol. The van der Waals surface area contributed by atoms with Crippen molar-refractivity contribution in [2.24, 2.45) is 0 Å². The van der Waals surface area contributed by atoms with Crippen molar-refractivity contribution in [2.45, 2.75) is 0 Å². The van der Waals surface area contributed by atoms with Gasteiger partial charge in [-0.3, -0.25) is 0 Å². The van der Waals surface area contributed by atoms with E-state index in [4.69, 9.17) is 9.90 Å². The van der Waals surface area contributed by atoms with Crippen LogP contribution in [0.3, 0.4) is 0 Å². The average Bonchev–Trinajstić information content (AvgIpc) is 1.38. The van der Waals surface area contributed by atoms with E-state index in [1.54, 1.807) is 0 Å². The first-order valence-electron chi connectivity index (χ1n) is 1.03. The molecule has 0 fully saturated rings. The van der Waals surface area contributed by atoms with E-state index in [1.807, 2.05) is 0 Å². The van der Waals surface area contributed by atoms with Gasteiger partial charge in [-0.05, 0) is 0 Å².